The van der Waals surface area contributed by atoms with Gasteiger partial charge in [-0.05, 0) is 53.5 Å². The largest absolute Gasteiger partial charge is 0.338 e. The van der Waals surface area contributed by atoms with Gasteiger partial charge in [-0.3, -0.25) is 4.79 Å². The van der Waals surface area contributed by atoms with E-state index in [4.69, 9.17) is 11.6 Å². The van der Waals surface area contributed by atoms with Crippen LogP contribution in [0.2, 0.25) is 0 Å². The highest BCUT2D eigenvalue weighted by Crippen LogP contribution is 2.25. The van der Waals surface area contributed by atoms with Gasteiger partial charge in [0.15, 0.2) is 0 Å². The molecule has 1 aromatic carbocycles. The lowest BCUT2D eigenvalue weighted by atomic mass is 9.98. The second-order valence-corrected chi connectivity index (χ2v) is 6.61. The molecule has 0 N–H and O–H groups in total. The van der Waals surface area contributed by atoms with Crippen LogP contribution in [0.5, 0.6) is 0 Å². The molecule has 2 unspecified atom stereocenters. The Hall–Kier alpha value is -0.290. The van der Waals surface area contributed by atoms with E-state index in [0.717, 1.165) is 34.2 Å². The van der Waals surface area contributed by atoms with Crippen LogP contribution in [-0.2, 0) is 0 Å². The van der Waals surface area contributed by atoms with Crippen molar-refractivity contribution < 1.29 is 4.79 Å². The molecule has 2 nitrogen and oxygen atoms in total. The zero-order valence-electron chi connectivity index (χ0n) is 10.6. The van der Waals surface area contributed by atoms with Crippen molar-refractivity contribution in [3.63, 3.8) is 0 Å². The van der Waals surface area contributed by atoms with Crippen molar-refractivity contribution in [1.82, 2.24) is 4.90 Å². The number of rotatable bonds is 1. The molecule has 2 atom stereocenters. The molecule has 1 aliphatic heterocycles. The first-order valence-corrected chi connectivity index (χ1v) is 7.70. The van der Waals surface area contributed by atoms with Gasteiger partial charge >= 0.3 is 0 Å². The van der Waals surface area contributed by atoms with Gasteiger partial charge in [0.05, 0.1) is 5.56 Å². The lowest BCUT2D eigenvalue weighted by Gasteiger charge is -2.34. The number of alkyl halides is 1. The zero-order valence-corrected chi connectivity index (χ0v) is 13.5. The van der Waals surface area contributed by atoms with Gasteiger partial charge in [0, 0.05) is 22.0 Å². The average Bonchev–Trinajstić information content (AvgIpc) is 2.35. The van der Waals surface area contributed by atoms with Gasteiger partial charge in [0.1, 0.15) is 0 Å². The van der Waals surface area contributed by atoms with E-state index >= 15 is 0 Å². The fourth-order valence-corrected chi connectivity index (χ4v) is 3.05. The number of piperidine rings is 1. The molecular weight excluding hydrogens is 361 g/mol. The predicted molar refractivity (Wildman–Crippen MR) is 83.2 cm³/mol. The summed E-state index contributed by atoms with van der Waals surface area (Å²) in [5, 5.41) is 0.200. The summed E-state index contributed by atoms with van der Waals surface area (Å²) in [6, 6.07) is 5.89. The molecule has 0 aliphatic carbocycles. The number of hydrogen-bond donors (Lipinski definition) is 0. The van der Waals surface area contributed by atoms with Crippen molar-refractivity contribution in [1.29, 1.82) is 0 Å². The summed E-state index contributed by atoms with van der Waals surface area (Å²) in [7, 11) is 0. The van der Waals surface area contributed by atoms with Crippen LogP contribution in [0.25, 0.3) is 0 Å². The van der Waals surface area contributed by atoms with Gasteiger partial charge < -0.3 is 4.90 Å². The van der Waals surface area contributed by atoms with E-state index in [1.54, 1.807) is 0 Å². The molecule has 0 bridgehead atoms. The standard InChI is InChI=1S/C14H17ClINO/c1-9-4-3-5-11(13(9)16)14(18)17-7-6-12(15)10(2)8-17/h3-5,10,12H,6-8H2,1-2H3. The third kappa shape index (κ3) is 2.82. The minimum atomic E-state index is 0.138. The molecule has 2 rings (SSSR count). The number of hydrogen-bond acceptors (Lipinski definition) is 1. The molecule has 1 saturated heterocycles. The van der Waals surface area contributed by atoms with Crippen LogP contribution in [0.15, 0.2) is 18.2 Å². The number of benzene rings is 1. The summed E-state index contributed by atoms with van der Waals surface area (Å²) >= 11 is 8.45. The van der Waals surface area contributed by atoms with E-state index in [1.807, 2.05) is 30.0 Å². The number of aryl methyl sites for hydroxylation is 1. The second-order valence-electron chi connectivity index (χ2n) is 4.97. The molecular formula is C14H17ClINO. The molecule has 0 spiro atoms. The van der Waals surface area contributed by atoms with E-state index in [2.05, 4.69) is 29.5 Å². The lowest BCUT2D eigenvalue weighted by Crippen LogP contribution is -2.43. The van der Waals surface area contributed by atoms with E-state index in [9.17, 15) is 4.79 Å². The van der Waals surface area contributed by atoms with Crippen molar-refractivity contribution in [2.45, 2.75) is 25.6 Å². The summed E-state index contributed by atoms with van der Waals surface area (Å²) < 4.78 is 1.06. The van der Waals surface area contributed by atoms with Crippen LogP contribution in [0.4, 0.5) is 0 Å². The number of halogens is 2. The fourth-order valence-electron chi connectivity index (χ4n) is 2.28. The van der Waals surface area contributed by atoms with Crippen molar-refractivity contribution in [2.24, 2.45) is 5.92 Å². The average molecular weight is 378 g/mol. The highest BCUT2D eigenvalue weighted by Gasteiger charge is 2.28. The first-order chi connectivity index (χ1) is 8.50. The maximum absolute atomic E-state index is 12.5. The smallest absolute Gasteiger partial charge is 0.254 e. The Morgan fingerprint density at radius 1 is 1.50 bits per heavy atom. The van der Waals surface area contributed by atoms with Crippen LogP contribution in [0.1, 0.15) is 29.3 Å². The van der Waals surface area contributed by atoms with Gasteiger partial charge in [-0.25, -0.2) is 0 Å². The molecule has 1 aromatic rings. The molecule has 0 radical (unpaired) electrons. The monoisotopic (exact) mass is 377 g/mol. The van der Waals surface area contributed by atoms with Crippen molar-refractivity contribution in [3.8, 4) is 0 Å². The number of carbonyl (C=O) groups excluding carboxylic acids is 1. The van der Waals surface area contributed by atoms with Gasteiger partial charge in [0.2, 0.25) is 0 Å². The van der Waals surface area contributed by atoms with E-state index < -0.39 is 0 Å². The Bertz CT molecular complexity index is 463. The molecule has 1 amide bonds. The van der Waals surface area contributed by atoms with Crippen molar-refractivity contribution >= 4 is 40.1 Å². The third-order valence-electron chi connectivity index (χ3n) is 3.51. The summed E-state index contributed by atoms with van der Waals surface area (Å²) in [4.78, 5) is 14.4. The molecule has 0 saturated carbocycles. The molecule has 4 heteroatoms. The number of nitrogens with zero attached hydrogens (tertiary/aromatic N) is 1. The molecule has 98 valence electrons. The SMILES string of the molecule is Cc1cccc(C(=O)N2CCC(Cl)C(C)C2)c1I. The third-order valence-corrected chi connectivity index (χ3v) is 5.59. The first-order valence-electron chi connectivity index (χ1n) is 6.19. The second kappa shape index (κ2) is 5.78. The Balaban J connectivity index is 2.19. The molecule has 0 aromatic heterocycles. The van der Waals surface area contributed by atoms with Crippen molar-refractivity contribution in [3.05, 3.63) is 32.9 Å². The molecule has 1 heterocycles. The summed E-state index contributed by atoms with van der Waals surface area (Å²) in [5.74, 6) is 0.505. The zero-order chi connectivity index (χ0) is 13.3. The van der Waals surface area contributed by atoms with Gasteiger partial charge in [0.25, 0.3) is 5.91 Å². The predicted octanol–water partition coefficient (Wildman–Crippen LogP) is 3.69. The minimum absolute atomic E-state index is 0.138. The molecule has 1 fully saturated rings. The topological polar surface area (TPSA) is 20.3 Å². The number of likely N-dealkylation sites (tertiary alicyclic amines) is 1. The Morgan fingerprint density at radius 3 is 2.89 bits per heavy atom. The van der Waals surface area contributed by atoms with E-state index in [-0.39, 0.29) is 11.3 Å². The van der Waals surface area contributed by atoms with Gasteiger partial charge in [-0.15, -0.1) is 11.6 Å². The van der Waals surface area contributed by atoms with E-state index in [0.29, 0.717) is 5.92 Å². The van der Waals surface area contributed by atoms with Crippen LogP contribution < -0.4 is 0 Å². The van der Waals surface area contributed by atoms with E-state index in [1.165, 1.54) is 0 Å². The molecule has 1 aliphatic rings. The number of amides is 1. The van der Waals surface area contributed by atoms with Gasteiger partial charge in [-0.2, -0.15) is 0 Å². The minimum Gasteiger partial charge on any atom is -0.338 e. The van der Waals surface area contributed by atoms with Gasteiger partial charge in [-0.1, -0.05) is 19.1 Å². The van der Waals surface area contributed by atoms with Crippen LogP contribution in [-0.4, -0.2) is 29.3 Å². The first kappa shape index (κ1) is 14.1. The summed E-state index contributed by atoms with van der Waals surface area (Å²) in [5.41, 5.74) is 1.97. The highest BCUT2D eigenvalue weighted by atomic mass is 127. The van der Waals surface area contributed by atoms with Crippen LogP contribution in [0.3, 0.4) is 0 Å². The Labute approximate surface area is 127 Å². The Morgan fingerprint density at radius 2 is 2.22 bits per heavy atom. The maximum Gasteiger partial charge on any atom is 0.254 e. The lowest BCUT2D eigenvalue weighted by molar-refractivity contribution is 0.0686. The normalized spacial score (nSPS) is 24.1. The van der Waals surface area contributed by atoms with Crippen LogP contribution in [0, 0.1) is 16.4 Å². The highest BCUT2D eigenvalue weighted by molar-refractivity contribution is 14.1. The maximum atomic E-state index is 12.5. The quantitative estimate of drug-likeness (QED) is 0.540. The summed E-state index contributed by atoms with van der Waals surface area (Å²) in [6.07, 6.45) is 0.886. The number of carbonyl (C=O) groups is 1. The van der Waals surface area contributed by atoms with Crippen molar-refractivity contribution in [2.75, 3.05) is 13.1 Å². The Kier molecular flexibility index (Phi) is 4.54. The fraction of sp³-hybridized carbons (Fsp3) is 0.500. The summed E-state index contributed by atoms with van der Waals surface area (Å²) in [6.45, 7) is 5.67. The molecule has 18 heavy (non-hydrogen) atoms. The van der Waals surface area contributed by atoms with Crippen LogP contribution >= 0.6 is 34.2 Å².